The third-order valence-electron chi connectivity index (χ3n) is 3.10. The Kier molecular flexibility index (Phi) is 4.68. The Morgan fingerprint density at radius 2 is 2.38 bits per heavy atom. The SMILES string of the molecule is N#Cc1ccc(C(=O)NC[C@H]2COCCN2C(=O)O)nc1. The molecule has 2 amide bonds. The number of morpholine rings is 1. The fourth-order valence-corrected chi connectivity index (χ4v) is 1.97. The van der Waals surface area contributed by atoms with E-state index in [1.54, 1.807) is 0 Å². The topological polar surface area (TPSA) is 116 Å². The maximum Gasteiger partial charge on any atom is 0.407 e. The van der Waals surface area contributed by atoms with Crippen molar-refractivity contribution in [3.63, 3.8) is 0 Å². The standard InChI is InChI=1S/C13H14N4O4/c14-5-9-1-2-11(15-6-9)12(18)16-7-10-8-21-4-3-17(10)13(19)20/h1-2,6,10H,3-4,7-8H2,(H,16,18)(H,19,20)/t10-/m0/s1. The quantitative estimate of drug-likeness (QED) is 0.813. The molecule has 0 radical (unpaired) electrons. The van der Waals surface area contributed by atoms with E-state index >= 15 is 0 Å². The molecule has 1 aromatic heterocycles. The van der Waals surface area contributed by atoms with Crippen LogP contribution in [0.15, 0.2) is 18.3 Å². The third kappa shape index (κ3) is 3.67. The first-order valence-corrected chi connectivity index (χ1v) is 6.33. The number of aromatic nitrogens is 1. The Hall–Kier alpha value is -2.66. The molecule has 1 aliphatic heterocycles. The van der Waals surface area contributed by atoms with Gasteiger partial charge in [-0.1, -0.05) is 0 Å². The van der Waals surface area contributed by atoms with E-state index in [4.69, 9.17) is 15.1 Å². The molecule has 8 nitrogen and oxygen atoms in total. The van der Waals surface area contributed by atoms with Crippen molar-refractivity contribution in [3.8, 4) is 6.07 Å². The molecule has 0 saturated carbocycles. The Morgan fingerprint density at radius 1 is 1.57 bits per heavy atom. The van der Waals surface area contributed by atoms with E-state index in [0.29, 0.717) is 12.2 Å². The van der Waals surface area contributed by atoms with Gasteiger partial charge in [-0.05, 0) is 12.1 Å². The number of rotatable bonds is 3. The normalized spacial score (nSPS) is 17.9. The molecule has 1 aromatic rings. The molecule has 2 rings (SSSR count). The highest BCUT2D eigenvalue weighted by molar-refractivity contribution is 5.92. The van der Waals surface area contributed by atoms with Gasteiger partial charge >= 0.3 is 6.09 Å². The van der Waals surface area contributed by atoms with Crippen LogP contribution in [0.25, 0.3) is 0 Å². The number of hydrogen-bond donors (Lipinski definition) is 2. The maximum absolute atomic E-state index is 11.9. The molecule has 2 N–H and O–H groups in total. The van der Waals surface area contributed by atoms with Crippen molar-refractivity contribution >= 4 is 12.0 Å². The Morgan fingerprint density at radius 3 is 3.00 bits per heavy atom. The molecule has 0 aromatic carbocycles. The van der Waals surface area contributed by atoms with Gasteiger partial charge in [-0.25, -0.2) is 9.78 Å². The molecular formula is C13H14N4O4. The van der Waals surface area contributed by atoms with E-state index in [1.807, 2.05) is 6.07 Å². The predicted molar refractivity (Wildman–Crippen MR) is 70.6 cm³/mol. The maximum atomic E-state index is 11.9. The van der Waals surface area contributed by atoms with E-state index in [1.165, 1.54) is 23.2 Å². The van der Waals surface area contributed by atoms with Crippen molar-refractivity contribution in [2.45, 2.75) is 6.04 Å². The van der Waals surface area contributed by atoms with Gasteiger partial charge < -0.3 is 15.2 Å². The largest absolute Gasteiger partial charge is 0.465 e. The van der Waals surface area contributed by atoms with Crippen LogP contribution in [0.2, 0.25) is 0 Å². The zero-order chi connectivity index (χ0) is 15.2. The zero-order valence-corrected chi connectivity index (χ0v) is 11.2. The number of pyridine rings is 1. The number of ether oxygens (including phenoxy) is 1. The molecule has 8 heteroatoms. The number of carboxylic acid groups (broad SMARTS) is 1. The minimum Gasteiger partial charge on any atom is -0.465 e. The molecule has 21 heavy (non-hydrogen) atoms. The molecule has 1 fully saturated rings. The summed E-state index contributed by atoms with van der Waals surface area (Å²) in [4.78, 5) is 28.1. The highest BCUT2D eigenvalue weighted by Gasteiger charge is 2.27. The molecule has 1 atom stereocenters. The number of carbonyl (C=O) groups is 2. The summed E-state index contributed by atoms with van der Waals surface area (Å²) in [6, 6.07) is 4.43. The van der Waals surface area contributed by atoms with Crippen molar-refractivity contribution in [2.24, 2.45) is 0 Å². The lowest BCUT2D eigenvalue weighted by Gasteiger charge is -2.33. The number of nitrogens with one attached hydrogen (secondary N) is 1. The van der Waals surface area contributed by atoms with Crippen LogP contribution in [-0.2, 0) is 4.74 Å². The van der Waals surface area contributed by atoms with Gasteiger partial charge in [-0.2, -0.15) is 5.26 Å². The number of carbonyl (C=O) groups excluding carboxylic acids is 1. The van der Waals surface area contributed by atoms with Crippen LogP contribution < -0.4 is 5.32 Å². The monoisotopic (exact) mass is 290 g/mol. The van der Waals surface area contributed by atoms with Gasteiger partial charge in [0.15, 0.2) is 0 Å². The summed E-state index contributed by atoms with van der Waals surface area (Å²) < 4.78 is 5.22. The van der Waals surface area contributed by atoms with Crippen molar-refractivity contribution in [1.29, 1.82) is 5.26 Å². The predicted octanol–water partition coefficient (Wildman–Crippen LogP) is 0.0619. The molecule has 0 bridgehead atoms. The van der Waals surface area contributed by atoms with Gasteiger partial charge in [0.25, 0.3) is 5.91 Å². The van der Waals surface area contributed by atoms with Gasteiger partial charge in [-0.15, -0.1) is 0 Å². The summed E-state index contributed by atoms with van der Waals surface area (Å²) in [6.07, 6.45) is 0.274. The smallest absolute Gasteiger partial charge is 0.407 e. The van der Waals surface area contributed by atoms with Gasteiger partial charge in [0.05, 0.1) is 24.8 Å². The summed E-state index contributed by atoms with van der Waals surface area (Å²) >= 11 is 0. The minimum absolute atomic E-state index is 0.146. The summed E-state index contributed by atoms with van der Waals surface area (Å²) in [5, 5.41) is 20.3. The highest BCUT2D eigenvalue weighted by atomic mass is 16.5. The third-order valence-corrected chi connectivity index (χ3v) is 3.10. The highest BCUT2D eigenvalue weighted by Crippen LogP contribution is 2.07. The van der Waals surface area contributed by atoms with Crippen LogP contribution >= 0.6 is 0 Å². The van der Waals surface area contributed by atoms with Crippen LogP contribution in [0, 0.1) is 11.3 Å². The van der Waals surface area contributed by atoms with Gasteiger partial charge in [0.2, 0.25) is 0 Å². The Balaban J connectivity index is 1.93. The van der Waals surface area contributed by atoms with Crippen molar-refractivity contribution in [3.05, 3.63) is 29.6 Å². The minimum atomic E-state index is -1.03. The van der Waals surface area contributed by atoms with Gasteiger partial charge in [0.1, 0.15) is 11.8 Å². The van der Waals surface area contributed by atoms with E-state index in [9.17, 15) is 9.59 Å². The lowest BCUT2D eigenvalue weighted by atomic mass is 10.2. The molecule has 1 aliphatic rings. The van der Waals surface area contributed by atoms with E-state index < -0.39 is 18.0 Å². The summed E-state index contributed by atoms with van der Waals surface area (Å²) in [5.74, 6) is -0.421. The van der Waals surface area contributed by atoms with E-state index in [2.05, 4.69) is 10.3 Å². The number of hydrogen-bond acceptors (Lipinski definition) is 5. The van der Waals surface area contributed by atoms with Crippen LogP contribution in [0.3, 0.4) is 0 Å². The first kappa shape index (κ1) is 14.7. The molecule has 2 heterocycles. The second-order valence-electron chi connectivity index (χ2n) is 4.46. The van der Waals surface area contributed by atoms with E-state index in [0.717, 1.165) is 0 Å². The lowest BCUT2D eigenvalue weighted by Crippen LogP contribution is -2.53. The summed E-state index contributed by atoms with van der Waals surface area (Å²) in [5.41, 5.74) is 0.539. The average Bonchev–Trinajstić information content (AvgIpc) is 2.52. The fraction of sp³-hybridized carbons (Fsp3) is 0.385. The molecular weight excluding hydrogens is 276 g/mol. The Bertz CT molecular complexity index is 567. The Labute approximate surface area is 120 Å². The first-order valence-electron chi connectivity index (χ1n) is 6.33. The van der Waals surface area contributed by atoms with Crippen LogP contribution in [0.4, 0.5) is 4.79 Å². The fourth-order valence-electron chi connectivity index (χ4n) is 1.97. The molecule has 0 aliphatic carbocycles. The zero-order valence-electron chi connectivity index (χ0n) is 11.2. The summed E-state index contributed by atoms with van der Waals surface area (Å²) in [7, 11) is 0. The van der Waals surface area contributed by atoms with Crippen molar-refractivity contribution in [2.75, 3.05) is 26.3 Å². The number of nitrogens with zero attached hydrogens (tertiary/aromatic N) is 3. The first-order chi connectivity index (χ1) is 10.1. The van der Waals surface area contributed by atoms with Crippen LogP contribution in [0.5, 0.6) is 0 Å². The molecule has 110 valence electrons. The van der Waals surface area contributed by atoms with Crippen molar-refractivity contribution in [1.82, 2.24) is 15.2 Å². The lowest BCUT2D eigenvalue weighted by molar-refractivity contribution is 0.000646. The van der Waals surface area contributed by atoms with Crippen LogP contribution in [0.1, 0.15) is 16.1 Å². The van der Waals surface area contributed by atoms with Gasteiger partial charge in [0, 0.05) is 19.3 Å². The van der Waals surface area contributed by atoms with Crippen LogP contribution in [-0.4, -0.2) is 59.3 Å². The summed E-state index contributed by atoms with van der Waals surface area (Å²) in [6.45, 7) is 1.03. The number of nitriles is 1. The second-order valence-corrected chi connectivity index (χ2v) is 4.46. The van der Waals surface area contributed by atoms with E-state index in [-0.39, 0.29) is 25.4 Å². The average molecular weight is 290 g/mol. The second kappa shape index (κ2) is 6.67. The van der Waals surface area contributed by atoms with Crippen molar-refractivity contribution < 1.29 is 19.4 Å². The van der Waals surface area contributed by atoms with Gasteiger partial charge in [-0.3, -0.25) is 9.69 Å². The molecule has 0 unspecified atom stereocenters. The number of amides is 2. The molecule has 0 spiro atoms. The molecule has 1 saturated heterocycles.